The molecule has 176 valence electrons. The Morgan fingerprint density at radius 2 is 1.91 bits per heavy atom. The van der Waals surface area contributed by atoms with Crippen molar-refractivity contribution in [2.75, 3.05) is 10.6 Å². The number of carbonyl (C=O) groups excluding carboxylic acids is 1. The zero-order chi connectivity index (χ0) is 23.4. The van der Waals surface area contributed by atoms with E-state index in [9.17, 15) is 18.0 Å². The molecule has 2 atom stereocenters. The van der Waals surface area contributed by atoms with Crippen molar-refractivity contribution >= 4 is 39.0 Å². The van der Waals surface area contributed by atoms with Gasteiger partial charge in [-0.2, -0.15) is 13.2 Å². The highest BCUT2D eigenvalue weighted by Crippen LogP contribution is 2.33. The Kier molecular flexibility index (Phi) is 7.14. The number of nitrogens with zero attached hydrogens (tertiary/aromatic N) is 2. The van der Waals surface area contributed by atoms with Gasteiger partial charge in [0.05, 0.1) is 11.8 Å². The molecule has 1 amide bonds. The first-order chi connectivity index (χ1) is 15.7. The summed E-state index contributed by atoms with van der Waals surface area (Å²) < 4.78 is 38.3. The summed E-state index contributed by atoms with van der Waals surface area (Å²) in [5, 5.41) is 10.5. The molecule has 1 aromatic carbocycles. The van der Waals surface area contributed by atoms with Gasteiger partial charge in [0.15, 0.2) is 0 Å². The largest absolute Gasteiger partial charge is 0.393 e. The van der Waals surface area contributed by atoms with Crippen molar-refractivity contribution in [1.82, 2.24) is 15.3 Å². The fraction of sp³-hybridized carbons (Fsp3) is 0.435. The molecule has 0 spiro atoms. The molecule has 33 heavy (non-hydrogen) atoms. The van der Waals surface area contributed by atoms with E-state index in [1.54, 1.807) is 6.07 Å². The fourth-order valence-electron chi connectivity index (χ4n) is 4.18. The summed E-state index contributed by atoms with van der Waals surface area (Å²) in [4.78, 5) is 20.4. The predicted octanol–water partition coefficient (Wildman–Crippen LogP) is 5.27. The molecule has 3 aromatic rings. The number of amides is 1. The lowest BCUT2D eigenvalue weighted by Crippen LogP contribution is -2.38. The van der Waals surface area contributed by atoms with Gasteiger partial charge in [-0.1, -0.05) is 12.1 Å². The quantitative estimate of drug-likeness (QED) is 0.432. The number of carbonyl (C=O) groups is 1. The molecular weight excluding hydrogens is 451 g/mol. The van der Waals surface area contributed by atoms with Gasteiger partial charge in [0.1, 0.15) is 17.0 Å². The molecule has 0 aliphatic heterocycles. The van der Waals surface area contributed by atoms with E-state index in [2.05, 4.69) is 25.9 Å². The van der Waals surface area contributed by atoms with Crippen molar-refractivity contribution < 1.29 is 18.0 Å². The standard InChI is InChI=1S/C23H26F3N5OS/c1-14(32)30-16-7-5-15(6-8-16)12-27-17-3-2-4-18(9-17)31-21-20-10-19(11-23(24,25)26)33-22(20)29-13-28-21/h5-8,10,13,17-18,27H,2-4,9,11-12H2,1H3,(H,30,32)(H,28,29,31)/t17-,18+/m0/s1. The van der Waals surface area contributed by atoms with E-state index < -0.39 is 12.6 Å². The minimum Gasteiger partial charge on any atom is -0.367 e. The molecule has 1 fully saturated rings. The minimum atomic E-state index is -4.24. The molecule has 0 bridgehead atoms. The number of halogens is 3. The SMILES string of the molecule is CC(=O)Nc1ccc(CN[C@H]2CCC[C@@H](Nc3ncnc4sc(CC(F)(F)F)cc34)C2)cc1. The van der Waals surface area contributed by atoms with Gasteiger partial charge in [0.2, 0.25) is 5.91 Å². The molecule has 1 saturated carbocycles. The van der Waals surface area contributed by atoms with Crippen molar-refractivity contribution in [2.24, 2.45) is 0 Å². The molecular formula is C23H26F3N5OS. The maximum Gasteiger partial charge on any atom is 0.393 e. The number of hydrogen-bond acceptors (Lipinski definition) is 6. The van der Waals surface area contributed by atoms with Gasteiger partial charge >= 0.3 is 6.18 Å². The number of benzene rings is 1. The van der Waals surface area contributed by atoms with Crippen LogP contribution in [0.3, 0.4) is 0 Å². The van der Waals surface area contributed by atoms with Crippen molar-refractivity contribution in [3.05, 3.63) is 47.1 Å². The molecule has 1 aliphatic carbocycles. The van der Waals surface area contributed by atoms with E-state index in [0.29, 0.717) is 22.1 Å². The van der Waals surface area contributed by atoms with E-state index in [1.807, 2.05) is 24.3 Å². The van der Waals surface area contributed by atoms with Crippen LogP contribution in [0.15, 0.2) is 36.7 Å². The summed E-state index contributed by atoms with van der Waals surface area (Å²) in [6.45, 7) is 2.20. The average molecular weight is 478 g/mol. The summed E-state index contributed by atoms with van der Waals surface area (Å²) in [7, 11) is 0. The summed E-state index contributed by atoms with van der Waals surface area (Å²) in [6.07, 6.45) is 0.206. The van der Waals surface area contributed by atoms with Gasteiger partial charge in [0.25, 0.3) is 0 Å². The molecule has 1 aliphatic rings. The Balaban J connectivity index is 1.35. The zero-order valence-corrected chi connectivity index (χ0v) is 19.0. The van der Waals surface area contributed by atoms with Crippen LogP contribution in [0.25, 0.3) is 10.2 Å². The predicted molar refractivity (Wildman–Crippen MR) is 124 cm³/mol. The van der Waals surface area contributed by atoms with Crippen molar-refractivity contribution in [2.45, 2.75) is 63.8 Å². The molecule has 0 unspecified atom stereocenters. The fourth-order valence-corrected chi connectivity index (χ4v) is 5.20. The first kappa shape index (κ1) is 23.4. The Morgan fingerprint density at radius 1 is 1.15 bits per heavy atom. The second-order valence-corrected chi connectivity index (χ2v) is 9.52. The van der Waals surface area contributed by atoms with Crippen LogP contribution < -0.4 is 16.0 Å². The van der Waals surface area contributed by atoms with Gasteiger partial charge in [-0.3, -0.25) is 4.79 Å². The number of nitrogens with one attached hydrogen (secondary N) is 3. The first-order valence-electron chi connectivity index (χ1n) is 10.9. The van der Waals surface area contributed by atoms with E-state index in [0.717, 1.165) is 54.8 Å². The van der Waals surface area contributed by atoms with Crippen LogP contribution in [-0.4, -0.2) is 34.1 Å². The van der Waals surface area contributed by atoms with Gasteiger partial charge in [-0.25, -0.2) is 9.97 Å². The lowest BCUT2D eigenvalue weighted by molar-refractivity contribution is -0.126. The number of rotatable bonds is 7. The van der Waals surface area contributed by atoms with Crippen LogP contribution in [0.2, 0.25) is 0 Å². The molecule has 4 rings (SSSR count). The highest BCUT2D eigenvalue weighted by atomic mass is 32.1. The Morgan fingerprint density at radius 3 is 2.64 bits per heavy atom. The number of hydrogen-bond donors (Lipinski definition) is 3. The minimum absolute atomic E-state index is 0.0957. The van der Waals surface area contributed by atoms with Gasteiger partial charge in [-0.05, 0) is 49.4 Å². The number of anilines is 2. The second-order valence-electron chi connectivity index (χ2n) is 8.41. The van der Waals surface area contributed by atoms with E-state index in [1.165, 1.54) is 13.3 Å². The Hall–Kier alpha value is -2.72. The first-order valence-corrected chi connectivity index (χ1v) is 11.7. The van der Waals surface area contributed by atoms with Crippen LogP contribution in [0.5, 0.6) is 0 Å². The summed E-state index contributed by atoms with van der Waals surface area (Å²) in [5.41, 5.74) is 1.91. The summed E-state index contributed by atoms with van der Waals surface area (Å²) >= 11 is 1.06. The van der Waals surface area contributed by atoms with Crippen LogP contribution in [0.1, 0.15) is 43.0 Å². The van der Waals surface area contributed by atoms with Crippen molar-refractivity contribution in [1.29, 1.82) is 0 Å². The average Bonchev–Trinajstić information content (AvgIpc) is 3.15. The number of aromatic nitrogens is 2. The third-order valence-corrected chi connectivity index (χ3v) is 6.68. The second kappa shape index (κ2) is 10.0. The molecule has 0 radical (unpaired) electrons. The van der Waals surface area contributed by atoms with Crippen molar-refractivity contribution in [3.63, 3.8) is 0 Å². The van der Waals surface area contributed by atoms with Gasteiger partial charge in [-0.15, -0.1) is 11.3 Å². The normalized spacial score (nSPS) is 18.9. The van der Waals surface area contributed by atoms with Crippen LogP contribution in [0.4, 0.5) is 24.7 Å². The van der Waals surface area contributed by atoms with Crippen LogP contribution in [-0.2, 0) is 17.8 Å². The topological polar surface area (TPSA) is 78.9 Å². The third-order valence-electron chi connectivity index (χ3n) is 5.64. The van der Waals surface area contributed by atoms with Crippen molar-refractivity contribution in [3.8, 4) is 0 Å². The van der Waals surface area contributed by atoms with E-state index in [-0.39, 0.29) is 16.8 Å². The van der Waals surface area contributed by atoms with E-state index in [4.69, 9.17) is 0 Å². The van der Waals surface area contributed by atoms with Gasteiger partial charge < -0.3 is 16.0 Å². The van der Waals surface area contributed by atoms with E-state index >= 15 is 0 Å². The Labute approximate surface area is 194 Å². The number of thiophene rings is 1. The maximum atomic E-state index is 12.8. The molecule has 2 heterocycles. The summed E-state index contributed by atoms with van der Waals surface area (Å²) in [6, 6.07) is 9.82. The molecule has 10 heteroatoms. The maximum absolute atomic E-state index is 12.8. The molecule has 0 saturated heterocycles. The number of alkyl halides is 3. The monoisotopic (exact) mass is 477 g/mol. The molecule has 2 aromatic heterocycles. The van der Waals surface area contributed by atoms with Crippen LogP contribution in [0, 0.1) is 0 Å². The lowest BCUT2D eigenvalue weighted by atomic mass is 9.90. The Bertz CT molecular complexity index is 1100. The third kappa shape index (κ3) is 6.64. The highest BCUT2D eigenvalue weighted by Gasteiger charge is 2.29. The lowest BCUT2D eigenvalue weighted by Gasteiger charge is -2.31. The molecule has 6 nitrogen and oxygen atoms in total. The molecule has 3 N–H and O–H groups in total. The van der Waals surface area contributed by atoms with Crippen LogP contribution >= 0.6 is 11.3 Å². The number of fused-ring (bicyclic) bond motifs is 1. The highest BCUT2D eigenvalue weighted by molar-refractivity contribution is 7.18. The zero-order valence-electron chi connectivity index (χ0n) is 18.2. The van der Waals surface area contributed by atoms with Gasteiger partial charge in [0, 0.05) is 36.1 Å². The summed E-state index contributed by atoms with van der Waals surface area (Å²) in [5.74, 6) is 0.505. The smallest absolute Gasteiger partial charge is 0.367 e.